The Hall–Kier alpha value is -2.63. The van der Waals surface area contributed by atoms with Crippen LogP contribution in [0.5, 0.6) is 0 Å². The molecule has 0 aromatic heterocycles. The predicted octanol–water partition coefficient (Wildman–Crippen LogP) is 2.16. The Balaban J connectivity index is 2.01. The molecule has 1 saturated heterocycles. The maximum atomic E-state index is 12.1. The molecule has 3 rings (SSSR count). The van der Waals surface area contributed by atoms with Crippen molar-refractivity contribution in [3.8, 4) is 0 Å². The predicted molar refractivity (Wildman–Crippen MR) is 88.2 cm³/mol. The Bertz CT molecular complexity index is 741. The zero-order valence-electron chi connectivity index (χ0n) is 14.2. The summed E-state index contributed by atoms with van der Waals surface area (Å²) in [6.07, 6.45) is 2.52. The van der Waals surface area contributed by atoms with E-state index < -0.39 is 36.0 Å². The average molecular weight is 344 g/mol. The molecule has 2 aliphatic heterocycles. The average Bonchev–Trinajstić information content (AvgIpc) is 2.98. The molecule has 0 aromatic carbocycles. The Kier molecular flexibility index (Phi) is 4.37. The minimum atomic E-state index is -0.771. The Morgan fingerprint density at radius 1 is 1.20 bits per heavy atom. The van der Waals surface area contributed by atoms with E-state index in [1.54, 1.807) is 6.08 Å². The Morgan fingerprint density at radius 3 is 2.60 bits per heavy atom. The summed E-state index contributed by atoms with van der Waals surface area (Å²) >= 11 is 0. The highest BCUT2D eigenvalue weighted by molar-refractivity contribution is 5.93. The van der Waals surface area contributed by atoms with Crippen molar-refractivity contribution in [2.24, 2.45) is 5.92 Å². The van der Waals surface area contributed by atoms with Crippen molar-refractivity contribution in [3.63, 3.8) is 0 Å². The zero-order chi connectivity index (χ0) is 18.3. The van der Waals surface area contributed by atoms with Crippen molar-refractivity contribution >= 4 is 17.9 Å². The summed E-state index contributed by atoms with van der Waals surface area (Å²) in [4.78, 5) is 36.2. The number of rotatable bonds is 2. The molecule has 4 atom stereocenters. The van der Waals surface area contributed by atoms with Crippen molar-refractivity contribution in [2.75, 3.05) is 0 Å². The zero-order valence-corrected chi connectivity index (χ0v) is 14.2. The standard InChI is InChI=1S/C19H20O6/c1-9(2)17(20)24-15-8-12-7-13(23-19(12)22)5-10(3)6-14-16(15)11(4)18(21)25-14/h6-7,13-16H,1,4-5,8H2,2-3H3/b10-6+/t13?,14?,15-,16?/m0/s1. The van der Waals surface area contributed by atoms with Gasteiger partial charge in [0.25, 0.3) is 0 Å². The first-order valence-electron chi connectivity index (χ1n) is 8.11. The molecule has 6 nitrogen and oxygen atoms in total. The van der Waals surface area contributed by atoms with Crippen LogP contribution in [0.3, 0.4) is 0 Å². The van der Waals surface area contributed by atoms with Crippen LogP contribution in [0.4, 0.5) is 0 Å². The van der Waals surface area contributed by atoms with Crippen LogP contribution < -0.4 is 0 Å². The third-order valence-electron chi connectivity index (χ3n) is 4.57. The molecule has 0 radical (unpaired) electrons. The normalized spacial score (nSPS) is 33.4. The molecule has 132 valence electrons. The topological polar surface area (TPSA) is 78.9 Å². The molecule has 1 aliphatic carbocycles. The quantitative estimate of drug-likeness (QED) is 0.331. The fourth-order valence-electron chi connectivity index (χ4n) is 3.33. The molecular weight excluding hydrogens is 324 g/mol. The largest absolute Gasteiger partial charge is 0.458 e. The smallest absolute Gasteiger partial charge is 0.334 e. The maximum Gasteiger partial charge on any atom is 0.334 e. The Morgan fingerprint density at radius 2 is 1.92 bits per heavy atom. The van der Waals surface area contributed by atoms with E-state index in [0.717, 1.165) is 5.57 Å². The van der Waals surface area contributed by atoms with E-state index in [1.165, 1.54) is 6.92 Å². The van der Waals surface area contributed by atoms with Crippen molar-refractivity contribution in [1.29, 1.82) is 0 Å². The van der Waals surface area contributed by atoms with Gasteiger partial charge < -0.3 is 14.2 Å². The van der Waals surface area contributed by atoms with Gasteiger partial charge in [0.1, 0.15) is 18.3 Å². The number of carbonyl (C=O) groups excluding carboxylic acids is 3. The van der Waals surface area contributed by atoms with Gasteiger partial charge in [-0.2, -0.15) is 0 Å². The van der Waals surface area contributed by atoms with Crippen LogP contribution in [-0.2, 0) is 28.6 Å². The van der Waals surface area contributed by atoms with Gasteiger partial charge in [-0.1, -0.05) is 18.7 Å². The van der Waals surface area contributed by atoms with Crippen LogP contribution in [0.2, 0.25) is 0 Å². The number of carbonyl (C=O) groups is 3. The highest BCUT2D eigenvalue weighted by atomic mass is 16.6. The molecular formula is C19H20O6. The van der Waals surface area contributed by atoms with Gasteiger partial charge in [0, 0.05) is 29.6 Å². The van der Waals surface area contributed by atoms with Crippen LogP contribution >= 0.6 is 0 Å². The van der Waals surface area contributed by atoms with Crippen LogP contribution in [0.15, 0.2) is 47.6 Å². The fourth-order valence-corrected chi connectivity index (χ4v) is 3.33. The molecule has 0 saturated carbocycles. The number of hydrogen-bond acceptors (Lipinski definition) is 6. The molecule has 3 aliphatic rings. The van der Waals surface area contributed by atoms with E-state index in [0.29, 0.717) is 12.0 Å². The lowest BCUT2D eigenvalue weighted by Crippen LogP contribution is -2.34. The van der Waals surface area contributed by atoms with Crippen molar-refractivity contribution < 1.29 is 28.6 Å². The molecule has 2 bridgehead atoms. The summed E-state index contributed by atoms with van der Waals surface area (Å²) in [7, 11) is 0. The minimum absolute atomic E-state index is 0.137. The van der Waals surface area contributed by atoms with Crippen molar-refractivity contribution in [1.82, 2.24) is 0 Å². The van der Waals surface area contributed by atoms with Crippen molar-refractivity contribution in [2.45, 2.75) is 45.0 Å². The Labute approximate surface area is 145 Å². The molecule has 0 amide bonds. The number of ether oxygens (including phenoxy) is 3. The molecule has 0 spiro atoms. The summed E-state index contributed by atoms with van der Waals surface area (Å²) in [5.41, 5.74) is 1.82. The first-order chi connectivity index (χ1) is 11.8. The molecule has 3 unspecified atom stereocenters. The van der Waals surface area contributed by atoms with E-state index in [2.05, 4.69) is 13.2 Å². The second kappa shape index (κ2) is 6.35. The lowest BCUT2D eigenvalue weighted by molar-refractivity contribution is -0.148. The van der Waals surface area contributed by atoms with E-state index in [1.807, 2.05) is 13.0 Å². The third kappa shape index (κ3) is 3.29. The van der Waals surface area contributed by atoms with E-state index in [-0.39, 0.29) is 23.7 Å². The lowest BCUT2D eigenvalue weighted by atomic mass is 9.85. The SMILES string of the molecule is C=C(C)C(=O)O[C@H]1CC2=CC(C/C(C)=C/C3OC(=O)C(=C)C31)OC2=O. The number of hydrogen-bond donors (Lipinski definition) is 0. The third-order valence-corrected chi connectivity index (χ3v) is 4.57. The first-order valence-corrected chi connectivity index (χ1v) is 8.11. The molecule has 25 heavy (non-hydrogen) atoms. The lowest BCUT2D eigenvalue weighted by Gasteiger charge is -2.26. The van der Waals surface area contributed by atoms with Crippen LogP contribution in [-0.4, -0.2) is 36.2 Å². The molecule has 0 N–H and O–H groups in total. The van der Waals surface area contributed by atoms with Gasteiger partial charge in [0.2, 0.25) is 0 Å². The summed E-state index contributed by atoms with van der Waals surface area (Å²) in [5.74, 6) is -2.09. The van der Waals surface area contributed by atoms with Crippen molar-refractivity contribution in [3.05, 3.63) is 47.6 Å². The van der Waals surface area contributed by atoms with Gasteiger partial charge in [-0.3, -0.25) is 0 Å². The fraction of sp³-hybridized carbons (Fsp3) is 0.421. The second-order valence-corrected chi connectivity index (χ2v) is 6.70. The molecule has 1 fully saturated rings. The minimum Gasteiger partial charge on any atom is -0.458 e. The van der Waals surface area contributed by atoms with Gasteiger partial charge in [0.15, 0.2) is 0 Å². The van der Waals surface area contributed by atoms with Gasteiger partial charge in [0.05, 0.1) is 5.92 Å². The first kappa shape index (κ1) is 17.2. The second-order valence-electron chi connectivity index (χ2n) is 6.70. The van der Waals surface area contributed by atoms with Gasteiger partial charge in [-0.05, 0) is 26.0 Å². The maximum absolute atomic E-state index is 12.1. The van der Waals surface area contributed by atoms with E-state index in [9.17, 15) is 14.4 Å². The molecule has 6 heteroatoms. The van der Waals surface area contributed by atoms with Gasteiger partial charge in [-0.25, -0.2) is 14.4 Å². The summed E-state index contributed by atoms with van der Waals surface area (Å²) < 4.78 is 16.3. The van der Waals surface area contributed by atoms with Crippen LogP contribution in [0, 0.1) is 5.92 Å². The molecule has 2 heterocycles. The van der Waals surface area contributed by atoms with Gasteiger partial charge in [-0.15, -0.1) is 0 Å². The number of fused-ring (bicyclic) bond motifs is 2. The van der Waals surface area contributed by atoms with Crippen LogP contribution in [0.25, 0.3) is 0 Å². The highest BCUT2D eigenvalue weighted by Crippen LogP contribution is 2.38. The van der Waals surface area contributed by atoms with Gasteiger partial charge >= 0.3 is 17.9 Å². The van der Waals surface area contributed by atoms with Crippen LogP contribution in [0.1, 0.15) is 26.7 Å². The highest BCUT2D eigenvalue weighted by Gasteiger charge is 2.46. The molecule has 0 aromatic rings. The van der Waals surface area contributed by atoms with E-state index >= 15 is 0 Å². The summed E-state index contributed by atoms with van der Waals surface area (Å²) in [6.45, 7) is 10.8. The summed E-state index contributed by atoms with van der Waals surface area (Å²) in [6, 6.07) is 0. The summed E-state index contributed by atoms with van der Waals surface area (Å²) in [5, 5.41) is 0. The number of esters is 3. The van der Waals surface area contributed by atoms with E-state index in [4.69, 9.17) is 14.2 Å². The monoisotopic (exact) mass is 344 g/mol.